The normalized spacial score (nSPS) is 10.2. The Morgan fingerprint density at radius 3 is 2.33 bits per heavy atom. The van der Waals surface area contributed by atoms with Gasteiger partial charge in [0.1, 0.15) is 19.0 Å². The monoisotopic (exact) mass is 291 g/mol. The topological polar surface area (TPSA) is 61.6 Å². The van der Waals surface area contributed by atoms with Gasteiger partial charge in [0.25, 0.3) is 5.69 Å². The Kier molecular flexibility index (Phi) is 4.71. The summed E-state index contributed by atoms with van der Waals surface area (Å²) >= 11 is 0. The van der Waals surface area contributed by atoms with E-state index in [4.69, 9.17) is 9.47 Å². The van der Waals surface area contributed by atoms with Crippen LogP contribution in [0.3, 0.4) is 0 Å². The summed E-state index contributed by atoms with van der Waals surface area (Å²) in [6, 6.07) is 10.7. The first-order valence-corrected chi connectivity index (χ1v) is 6.33. The predicted octanol–water partition coefficient (Wildman–Crippen LogP) is 3.50. The third-order valence-electron chi connectivity index (χ3n) is 2.89. The summed E-state index contributed by atoms with van der Waals surface area (Å²) < 4.78 is 24.0. The van der Waals surface area contributed by atoms with Crippen molar-refractivity contribution in [2.75, 3.05) is 13.2 Å². The number of rotatable bonds is 6. The molecule has 0 atom stereocenters. The number of benzene rings is 2. The molecule has 0 bridgehead atoms. The van der Waals surface area contributed by atoms with Crippen molar-refractivity contribution in [2.45, 2.75) is 6.92 Å². The van der Waals surface area contributed by atoms with E-state index in [0.29, 0.717) is 11.3 Å². The molecule has 0 heterocycles. The average Bonchev–Trinajstić information content (AvgIpc) is 2.46. The molecule has 2 aromatic carbocycles. The molecule has 5 nitrogen and oxygen atoms in total. The number of nitro groups is 1. The maximum atomic E-state index is 13.3. The van der Waals surface area contributed by atoms with Crippen molar-refractivity contribution in [3.8, 4) is 11.5 Å². The highest BCUT2D eigenvalue weighted by Crippen LogP contribution is 2.26. The maximum Gasteiger partial charge on any atom is 0.276 e. The Morgan fingerprint density at radius 1 is 1.05 bits per heavy atom. The Bertz CT molecular complexity index is 645. The molecule has 21 heavy (non-hydrogen) atoms. The number of nitro benzene ring substituents is 1. The second kappa shape index (κ2) is 6.69. The second-order valence-electron chi connectivity index (χ2n) is 4.28. The van der Waals surface area contributed by atoms with Crippen molar-refractivity contribution in [2.24, 2.45) is 0 Å². The zero-order chi connectivity index (χ0) is 15.2. The molecule has 0 aromatic heterocycles. The average molecular weight is 291 g/mol. The molecule has 0 saturated heterocycles. The van der Waals surface area contributed by atoms with E-state index in [2.05, 4.69) is 0 Å². The minimum atomic E-state index is -0.460. The number of ether oxygens (including phenoxy) is 2. The SMILES string of the molecule is Cc1c(OCCOc2ccccc2F)cccc1[N+](=O)[O-]. The Labute approximate surface area is 121 Å². The zero-order valence-electron chi connectivity index (χ0n) is 11.4. The number of hydrogen-bond acceptors (Lipinski definition) is 4. The molecule has 0 unspecified atom stereocenters. The van der Waals surface area contributed by atoms with Crippen LogP contribution in [0.1, 0.15) is 5.56 Å². The van der Waals surface area contributed by atoms with E-state index in [1.807, 2.05) is 0 Å². The van der Waals surface area contributed by atoms with Crippen LogP contribution in [0.5, 0.6) is 11.5 Å². The molecular weight excluding hydrogens is 277 g/mol. The van der Waals surface area contributed by atoms with Crippen LogP contribution in [-0.2, 0) is 0 Å². The van der Waals surface area contributed by atoms with Gasteiger partial charge in [-0.25, -0.2) is 4.39 Å². The van der Waals surface area contributed by atoms with Gasteiger partial charge in [0, 0.05) is 6.07 Å². The lowest BCUT2D eigenvalue weighted by atomic mass is 10.2. The first kappa shape index (κ1) is 14.8. The number of hydrogen-bond donors (Lipinski definition) is 0. The largest absolute Gasteiger partial charge is 0.489 e. The van der Waals surface area contributed by atoms with Crippen molar-refractivity contribution >= 4 is 5.69 Å². The quantitative estimate of drug-likeness (QED) is 0.464. The number of halogens is 1. The molecule has 0 aliphatic heterocycles. The molecule has 0 fully saturated rings. The summed E-state index contributed by atoms with van der Waals surface area (Å²) in [7, 11) is 0. The van der Waals surface area contributed by atoms with E-state index in [1.165, 1.54) is 18.2 Å². The molecule has 2 aromatic rings. The summed E-state index contributed by atoms with van der Waals surface area (Å²) in [5, 5.41) is 10.8. The smallest absolute Gasteiger partial charge is 0.276 e. The van der Waals surface area contributed by atoms with Crippen LogP contribution in [0.4, 0.5) is 10.1 Å². The van der Waals surface area contributed by atoms with Gasteiger partial charge in [-0.3, -0.25) is 10.1 Å². The van der Waals surface area contributed by atoms with Crippen LogP contribution in [-0.4, -0.2) is 18.1 Å². The summed E-state index contributed by atoms with van der Waals surface area (Å²) in [6.07, 6.45) is 0. The molecule has 0 spiro atoms. The van der Waals surface area contributed by atoms with E-state index in [0.717, 1.165) is 0 Å². The van der Waals surface area contributed by atoms with Crippen molar-refractivity contribution in [3.63, 3.8) is 0 Å². The Balaban J connectivity index is 1.91. The van der Waals surface area contributed by atoms with Gasteiger partial charge in [-0.1, -0.05) is 18.2 Å². The number of nitrogens with zero attached hydrogens (tertiary/aromatic N) is 1. The minimum Gasteiger partial charge on any atom is -0.489 e. The highest BCUT2D eigenvalue weighted by molar-refractivity contribution is 5.48. The van der Waals surface area contributed by atoms with Crippen LogP contribution in [0.25, 0.3) is 0 Å². The van der Waals surface area contributed by atoms with Crippen molar-refractivity contribution in [1.82, 2.24) is 0 Å². The van der Waals surface area contributed by atoms with Crippen LogP contribution >= 0.6 is 0 Å². The fraction of sp³-hybridized carbons (Fsp3) is 0.200. The molecular formula is C15H14FNO4. The second-order valence-corrected chi connectivity index (χ2v) is 4.28. The molecule has 0 aliphatic carbocycles. The first-order valence-electron chi connectivity index (χ1n) is 6.33. The van der Waals surface area contributed by atoms with E-state index in [9.17, 15) is 14.5 Å². The third kappa shape index (κ3) is 3.68. The lowest BCUT2D eigenvalue weighted by molar-refractivity contribution is -0.385. The summed E-state index contributed by atoms with van der Waals surface area (Å²) in [6.45, 7) is 1.92. The van der Waals surface area contributed by atoms with Gasteiger partial charge in [-0.15, -0.1) is 0 Å². The fourth-order valence-corrected chi connectivity index (χ4v) is 1.82. The number of para-hydroxylation sites is 1. The van der Waals surface area contributed by atoms with Gasteiger partial charge < -0.3 is 9.47 Å². The molecule has 0 saturated carbocycles. The molecule has 0 N–H and O–H groups in total. The molecule has 0 amide bonds. The lowest BCUT2D eigenvalue weighted by Gasteiger charge is -2.10. The standard InChI is InChI=1S/C15H14FNO4/c1-11-13(17(18)19)6-4-8-14(11)20-9-10-21-15-7-3-2-5-12(15)16/h2-8H,9-10H2,1H3. The Morgan fingerprint density at radius 2 is 1.67 bits per heavy atom. The third-order valence-corrected chi connectivity index (χ3v) is 2.89. The van der Waals surface area contributed by atoms with Gasteiger partial charge in [-0.05, 0) is 25.1 Å². The van der Waals surface area contributed by atoms with E-state index in [-0.39, 0.29) is 24.7 Å². The Hall–Kier alpha value is -2.63. The van der Waals surface area contributed by atoms with Crippen LogP contribution < -0.4 is 9.47 Å². The summed E-state index contributed by atoms with van der Waals surface area (Å²) in [5.74, 6) is 0.127. The van der Waals surface area contributed by atoms with E-state index < -0.39 is 10.7 Å². The first-order chi connectivity index (χ1) is 10.1. The molecule has 0 radical (unpaired) electrons. The van der Waals surface area contributed by atoms with Gasteiger partial charge in [0.2, 0.25) is 0 Å². The fourth-order valence-electron chi connectivity index (χ4n) is 1.82. The predicted molar refractivity (Wildman–Crippen MR) is 75.2 cm³/mol. The minimum absolute atomic E-state index is 0.00234. The maximum absolute atomic E-state index is 13.3. The molecule has 0 aliphatic rings. The summed E-state index contributed by atoms with van der Waals surface area (Å²) in [5.41, 5.74) is 0.455. The van der Waals surface area contributed by atoms with Crippen LogP contribution in [0.2, 0.25) is 0 Å². The van der Waals surface area contributed by atoms with Gasteiger partial charge in [-0.2, -0.15) is 0 Å². The highest BCUT2D eigenvalue weighted by atomic mass is 19.1. The van der Waals surface area contributed by atoms with E-state index in [1.54, 1.807) is 31.2 Å². The van der Waals surface area contributed by atoms with Gasteiger partial charge in [0.05, 0.1) is 10.5 Å². The zero-order valence-corrected chi connectivity index (χ0v) is 11.4. The molecule has 6 heteroatoms. The van der Waals surface area contributed by atoms with E-state index >= 15 is 0 Å². The molecule has 110 valence electrons. The highest BCUT2D eigenvalue weighted by Gasteiger charge is 2.13. The summed E-state index contributed by atoms with van der Waals surface area (Å²) in [4.78, 5) is 10.3. The lowest BCUT2D eigenvalue weighted by Crippen LogP contribution is -2.10. The van der Waals surface area contributed by atoms with Crippen LogP contribution in [0, 0.1) is 22.9 Å². The van der Waals surface area contributed by atoms with Crippen molar-refractivity contribution in [3.05, 3.63) is 64.0 Å². The molecule has 2 rings (SSSR count). The van der Waals surface area contributed by atoms with Crippen molar-refractivity contribution in [1.29, 1.82) is 0 Å². The van der Waals surface area contributed by atoms with Crippen molar-refractivity contribution < 1.29 is 18.8 Å². The van der Waals surface area contributed by atoms with Gasteiger partial charge >= 0.3 is 0 Å². The van der Waals surface area contributed by atoms with Crippen LogP contribution in [0.15, 0.2) is 42.5 Å². The van der Waals surface area contributed by atoms with Gasteiger partial charge in [0.15, 0.2) is 11.6 Å².